The molecule has 0 fully saturated rings. The number of aromatic nitrogens is 2. The van der Waals surface area contributed by atoms with E-state index in [1.54, 1.807) is 11.1 Å². The molecule has 1 heterocycles. The monoisotopic (exact) mass is 399 g/mol. The number of hydrogen-bond donors (Lipinski definition) is 3. The quantitative estimate of drug-likeness (QED) is 0.617. The zero-order valence-corrected chi connectivity index (χ0v) is 17.3. The van der Waals surface area contributed by atoms with Crippen LogP contribution in [0.25, 0.3) is 0 Å². The molecule has 3 amide bonds. The van der Waals surface area contributed by atoms with E-state index in [0.717, 1.165) is 5.56 Å². The number of amides is 3. The molecule has 8 nitrogen and oxygen atoms in total. The maximum atomic E-state index is 13.2. The average Bonchev–Trinajstić information content (AvgIpc) is 3.13. The number of rotatable bonds is 8. The van der Waals surface area contributed by atoms with Crippen LogP contribution in [-0.2, 0) is 27.2 Å². The largest absolute Gasteiger partial charge is 0.368 e. The molecule has 1 aromatic carbocycles. The minimum Gasteiger partial charge on any atom is -0.368 e. The summed E-state index contributed by atoms with van der Waals surface area (Å²) < 4.78 is 0. The van der Waals surface area contributed by atoms with E-state index in [-0.39, 0.29) is 12.3 Å². The number of carbonyl (C=O) groups is 3. The van der Waals surface area contributed by atoms with E-state index in [9.17, 15) is 14.4 Å². The van der Waals surface area contributed by atoms with Crippen molar-refractivity contribution in [1.29, 1.82) is 0 Å². The van der Waals surface area contributed by atoms with Gasteiger partial charge in [0.1, 0.15) is 12.1 Å². The van der Waals surface area contributed by atoms with E-state index in [0.29, 0.717) is 12.1 Å². The van der Waals surface area contributed by atoms with E-state index in [2.05, 4.69) is 15.3 Å². The zero-order chi connectivity index (χ0) is 21.6. The SMILES string of the molecule is CC(=O)N([C@@H](Cc1ccccc1)C(=O)N[C@@H](Cc1c[nH]cn1)C(N)=O)C(C)(C)C. The molecule has 0 spiro atoms. The van der Waals surface area contributed by atoms with Crippen molar-refractivity contribution in [2.24, 2.45) is 5.73 Å². The molecule has 2 aromatic rings. The van der Waals surface area contributed by atoms with Gasteiger partial charge in [0.05, 0.1) is 12.0 Å². The molecule has 4 N–H and O–H groups in total. The van der Waals surface area contributed by atoms with Crippen molar-refractivity contribution in [2.75, 3.05) is 0 Å². The van der Waals surface area contributed by atoms with Crippen LogP contribution in [0.4, 0.5) is 0 Å². The Morgan fingerprint density at radius 2 is 1.83 bits per heavy atom. The Balaban J connectivity index is 2.31. The van der Waals surface area contributed by atoms with Crippen molar-refractivity contribution in [3.8, 4) is 0 Å². The van der Waals surface area contributed by atoms with Crippen LogP contribution >= 0.6 is 0 Å². The lowest BCUT2D eigenvalue weighted by atomic mass is 9.96. The first-order valence-electron chi connectivity index (χ1n) is 9.50. The number of nitrogens with two attached hydrogens (primary N) is 1. The van der Waals surface area contributed by atoms with Crippen LogP contribution in [0.5, 0.6) is 0 Å². The number of H-pyrrole nitrogens is 1. The number of carbonyl (C=O) groups excluding carboxylic acids is 3. The van der Waals surface area contributed by atoms with Crippen molar-refractivity contribution in [2.45, 2.75) is 58.2 Å². The van der Waals surface area contributed by atoms with E-state index in [1.807, 2.05) is 51.1 Å². The fourth-order valence-corrected chi connectivity index (χ4v) is 3.40. The van der Waals surface area contributed by atoms with Gasteiger partial charge in [-0.2, -0.15) is 0 Å². The van der Waals surface area contributed by atoms with Crippen LogP contribution in [0, 0.1) is 0 Å². The average molecular weight is 399 g/mol. The summed E-state index contributed by atoms with van der Waals surface area (Å²) in [6.07, 6.45) is 3.61. The van der Waals surface area contributed by atoms with Gasteiger partial charge in [-0.25, -0.2) is 4.98 Å². The summed E-state index contributed by atoms with van der Waals surface area (Å²) in [5, 5.41) is 2.72. The van der Waals surface area contributed by atoms with Gasteiger partial charge in [0, 0.05) is 31.5 Å². The molecule has 0 bridgehead atoms. The van der Waals surface area contributed by atoms with Gasteiger partial charge in [0.15, 0.2) is 0 Å². The van der Waals surface area contributed by atoms with E-state index in [1.165, 1.54) is 13.3 Å². The summed E-state index contributed by atoms with van der Waals surface area (Å²) in [5.41, 5.74) is 6.43. The minimum atomic E-state index is -0.933. The third kappa shape index (κ3) is 6.17. The number of benzene rings is 1. The molecule has 1 aromatic heterocycles. The maximum Gasteiger partial charge on any atom is 0.243 e. The Labute approximate surface area is 170 Å². The van der Waals surface area contributed by atoms with Gasteiger partial charge in [-0.3, -0.25) is 14.4 Å². The summed E-state index contributed by atoms with van der Waals surface area (Å²) in [6.45, 7) is 7.05. The predicted molar refractivity (Wildman–Crippen MR) is 110 cm³/mol. The first kappa shape index (κ1) is 22.1. The van der Waals surface area contributed by atoms with Crippen molar-refractivity contribution in [3.05, 3.63) is 54.1 Å². The summed E-state index contributed by atoms with van der Waals surface area (Å²) in [4.78, 5) is 46.0. The lowest BCUT2D eigenvalue weighted by molar-refractivity contribution is -0.145. The molecule has 0 radical (unpaired) electrons. The van der Waals surface area contributed by atoms with E-state index < -0.39 is 29.4 Å². The Hall–Kier alpha value is -3.16. The van der Waals surface area contributed by atoms with Crippen LogP contribution in [0.1, 0.15) is 39.0 Å². The second-order valence-electron chi connectivity index (χ2n) is 7.99. The summed E-state index contributed by atoms with van der Waals surface area (Å²) >= 11 is 0. The van der Waals surface area contributed by atoms with Gasteiger partial charge in [-0.1, -0.05) is 30.3 Å². The smallest absolute Gasteiger partial charge is 0.243 e. The standard InChI is InChI=1S/C21H29N5O3/c1-14(27)26(21(2,3)4)18(10-15-8-6-5-7-9-15)20(29)25-17(19(22)28)11-16-12-23-13-24-16/h5-9,12-13,17-18H,10-11H2,1-4H3,(H2,22,28)(H,23,24)(H,25,29)/t17-,18-/m0/s1. The number of nitrogens with zero attached hydrogens (tertiary/aromatic N) is 2. The first-order chi connectivity index (χ1) is 13.6. The van der Waals surface area contributed by atoms with Crippen LogP contribution in [0.3, 0.4) is 0 Å². The lowest BCUT2D eigenvalue weighted by Gasteiger charge is -2.41. The molecular formula is C21H29N5O3. The van der Waals surface area contributed by atoms with Crippen LogP contribution in [0.15, 0.2) is 42.9 Å². The Bertz CT molecular complexity index is 828. The molecule has 0 aliphatic carbocycles. The fourth-order valence-electron chi connectivity index (χ4n) is 3.40. The second-order valence-corrected chi connectivity index (χ2v) is 7.99. The molecule has 156 valence electrons. The Morgan fingerprint density at radius 3 is 2.31 bits per heavy atom. The zero-order valence-electron chi connectivity index (χ0n) is 17.3. The number of aromatic amines is 1. The molecule has 29 heavy (non-hydrogen) atoms. The highest BCUT2D eigenvalue weighted by atomic mass is 16.2. The van der Waals surface area contributed by atoms with Gasteiger partial charge in [-0.15, -0.1) is 0 Å². The number of hydrogen-bond acceptors (Lipinski definition) is 4. The molecule has 0 aliphatic rings. The second kappa shape index (κ2) is 9.36. The molecule has 0 unspecified atom stereocenters. The molecule has 8 heteroatoms. The minimum absolute atomic E-state index is 0.165. The first-order valence-corrected chi connectivity index (χ1v) is 9.50. The third-order valence-corrected chi connectivity index (χ3v) is 4.58. The predicted octanol–water partition coefficient (Wildman–Crippen LogP) is 1.18. The van der Waals surface area contributed by atoms with Gasteiger partial charge >= 0.3 is 0 Å². The van der Waals surface area contributed by atoms with Gasteiger partial charge in [0.25, 0.3) is 0 Å². The molecule has 0 aliphatic heterocycles. The molecular weight excluding hydrogens is 370 g/mol. The normalized spacial score (nSPS) is 13.4. The van der Waals surface area contributed by atoms with Crippen molar-refractivity contribution in [3.63, 3.8) is 0 Å². The molecule has 2 atom stereocenters. The summed E-state index contributed by atoms with van der Waals surface area (Å²) in [7, 11) is 0. The lowest BCUT2D eigenvalue weighted by Crippen LogP contribution is -2.60. The summed E-state index contributed by atoms with van der Waals surface area (Å²) in [6, 6.07) is 7.71. The number of imidazole rings is 1. The van der Waals surface area contributed by atoms with Gasteiger partial charge < -0.3 is 20.9 Å². The third-order valence-electron chi connectivity index (χ3n) is 4.58. The van der Waals surface area contributed by atoms with E-state index in [4.69, 9.17) is 5.73 Å². The highest BCUT2D eigenvalue weighted by molar-refractivity contribution is 5.91. The van der Waals surface area contributed by atoms with Crippen molar-refractivity contribution >= 4 is 17.7 Å². The fraction of sp³-hybridized carbons (Fsp3) is 0.429. The molecule has 0 saturated carbocycles. The Morgan fingerprint density at radius 1 is 1.17 bits per heavy atom. The highest BCUT2D eigenvalue weighted by Gasteiger charge is 2.37. The van der Waals surface area contributed by atoms with Crippen LogP contribution in [0.2, 0.25) is 0 Å². The Kier molecular flexibility index (Phi) is 7.14. The number of nitrogens with one attached hydrogen (secondary N) is 2. The highest BCUT2D eigenvalue weighted by Crippen LogP contribution is 2.21. The van der Waals surface area contributed by atoms with Gasteiger partial charge in [-0.05, 0) is 26.3 Å². The molecule has 2 rings (SSSR count). The molecule has 0 saturated heterocycles. The maximum absolute atomic E-state index is 13.2. The van der Waals surface area contributed by atoms with Gasteiger partial charge in [0.2, 0.25) is 17.7 Å². The van der Waals surface area contributed by atoms with E-state index >= 15 is 0 Å². The summed E-state index contributed by atoms with van der Waals surface area (Å²) in [5.74, 6) is -1.32. The van der Waals surface area contributed by atoms with Crippen LogP contribution < -0.4 is 11.1 Å². The van der Waals surface area contributed by atoms with Crippen molar-refractivity contribution in [1.82, 2.24) is 20.2 Å². The van der Waals surface area contributed by atoms with Crippen LogP contribution in [-0.4, -0.2) is 50.2 Å². The van der Waals surface area contributed by atoms with Crippen molar-refractivity contribution < 1.29 is 14.4 Å². The topological polar surface area (TPSA) is 121 Å². The number of primary amides is 1.